The molecule has 0 bridgehead atoms. The topological polar surface area (TPSA) is 20.2 Å². The van der Waals surface area contributed by atoms with E-state index in [2.05, 4.69) is 12.6 Å². The fourth-order valence-electron chi connectivity index (χ4n) is 2.87. The van der Waals surface area contributed by atoms with E-state index in [-0.39, 0.29) is 0 Å². The van der Waals surface area contributed by atoms with Crippen molar-refractivity contribution in [2.24, 2.45) is 0 Å². The molecule has 1 aliphatic carbocycles. The minimum absolute atomic E-state index is 0.637. The van der Waals surface area contributed by atoms with Gasteiger partial charge >= 0.3 is 0 Å². The number of fused-ring (bicyclic) bond motifs is 2. The van der Waals surface area contributed by atoms with Gasteiger partial charge in [-0.15, -0.1) is 0 Å². The predicted molar refractivity (Wildman–Crippen MR) is 78.5 cm³/mol. The second kappa shape index (κ2) is 4.52. The number of aliphatic hydroxyl groups is 1. The zero-order valence-corrected chi connectivity index (χ0v) is 11.3. The van der Waals surface area contributed by atoms with Crippen LogP contribution in [0.3, 0.4) is 0 Å². The van der Waals surface area contributed by atoms with Gasteiger partial charge in [-0.1, -0.05) is 54.6 Å². The van der Waals surface area contributed by atoms with E-state index in [1.54, 1.807) is 6.08 Å². The molecule has 0 heterocycles. The Morgan fingerprint density at radius 2 is 1.74 bits per heavy atom. The fourth-order valence-corrected chi connectivity index (χ4v) is 3.04. The van der Waals surface area contributed by atoms with Crippen molar-refractivity contribution in [2.75, 3.05) is 0 Å². The third-order valence-corrected chi connectivity index (χ3v) is 4.10. The Kier molecular flexibility index (Phi) is 2.96. The van der Waals surface area contributed by atoms with Gasteiger partial charge in [0, 0.05) is 5.02 Å². The minimum Gasteiger partial charge on any atom is -0.377 e. The van der Waals surface area contributed by atoms with Gasteiger partial charge < -0.3 is 5.11 Å². The molecule has 1 N–H and O–H groups in total. The third kappa shape index (κ3) is 1.90. The molecule has 2 aromatic rings. The molecule has 2 heteroatoms. The maximum Gasteiger partial charge on any atom is 0.133 e. The molecular formula is C17H15ClO. The first kappa shape index (κ1) is 12.5. The highest BCUT2D eigenvalue weighted by Gasteiger charge is 2.34. The smallest absolute Gasteiger partial charge is 0.133 e. The van der Waals surface area contributed by atoms with Crippen LogP contribution < -0.4 is 0 Å². The van der Waals surface area contributed by atoms with E-state index in [0.29, 0.717) is 5.02 Å². The molecule has 0 radical (unpaired) electrons. The molecule has 0 saturated heterocycles. The fraction of sp³-hybridized carbons (Fsp3) is 0.176. The zero-order valence-electron chi connectivity index (χ0n) is 10.6. The van der Waals surface area contributed by atoms with Crippen molar-refractivity contribution in [1.29, 1.82) is 0 Å². The SMILES string of the molecule is C=CC1(O)c2ccccc2CCc2ccc(Cl)cc21. The lowest BCUT2D eigenvalue weighted by molar-refractivity contribution is 0.134. The van der Waals surface area contributed by atoms with Gasteiger partial charge in [0.1, 0.15) is 5.60 Å². The van der Waals surface area contributed by atoms with Gasteiger partial charge in [0.2, 0.25) is 0 Å². The Labute approximate surface area is 118 Å². The molecule has 1 unspecified atom stereocenters. The van der Waals surface area contributed by atoms with Gasteiger partial charge in [0.25, 0.3) is 0 Å². The quantitative estimate of drug-likeness (QED) is 0.780. The summed E-state index contributed by atoms with van der Waals surface area (Å²) in [5, 5.41) is 11.7. The van der Waals surface area contributed by atoms with Gasteiger partial charge in [-0.2, -0.15) is 0 Å². The Balaban J connectivity index is 2.32. The van der Waals surface area contributed by atoms with Crippen LogP contribution >= 0.6 is 11.6 Å². The molecule has 1 aliphatic rings. The maximum atomic E-state index is 11.1. The van der Waals surface area contributed by atoms with Crippen LogP contribution in [-0.4, -0.2) is 5.11 Å². The number of benzene rings is 2. The second-order valence-electron chi connectivity index (χ2n) is 4.93. The lowest BCUT2D eigenvalue weighted by atomic mass is 9.84. The highest BCUT2D eigenvalue weighted by molar-refractivity contribution is 6.30. The summed E-state index contributed by atoms with van der Waals surface area (Å²) in [4.78, 5) is 0. The highest BCUT2D eigenvalue weighted by atomic mass is 35.5. The molecule has 0 amide bonds. The summed E-state index contributed by atoms with van der Waals surface area (Å²) in [6, 6.07) is 13.7. The summed E-state index contributed by atoms with van der Waals surface area (Å²) in [7, 11) is 0. The lowest BCUT2D eigenvalue weighted by Gasteiger charge is -2.27. The molecule has 3 rings (SSSR count). The zero-order chi connectivity index (χ0) is 13.5. The summed E-state index contributed by atoms with van der Waals surface area (Å²) in [6.45, 7) is 3.83. The summed E-state index contributed by atoms with van der Waals surface area (Å²) in [5.74, 6) is 0. The standard InChI is InChI=1S/C17H15ClO/c1-2-17(19)15-6-4-3-5-12(15)7-8-13-9-10-14(18)11-16(13)17/h2-6,9-11,19H,1,7-8H2. The van der Waals surface area contributed by atoms with Gasteiger partial charge in [-0.3, -0.25) is 0 Å². The molecule has 0 saturated carbocycles. The Morgan fingerprint density at radius 1 is 1.05 bits per heavy atom. The normalized spacial score (nSPS) is 21.2. The largest absolute Gasteiger partial charge is 0.377 e. The molecular weight excluding hydrogens is 256 g/mol. The van der Waals surface area contributed by atoms with E-state index < -0.39 is 5.60 Å². The van der Waals surface area contributed by atoms with Gasteiger partial charge in [0.05, 0.1) is 0 Å². The maximum absolute atomic E-state index is 11.1. The number of halogens is 1. The van der Waals surface area contributed by atoms with Gasteiger partial charge in [-0.05, 0) is 47.2 Å². The lowest BCUT2D eigenvalue weighted by Crippen LogP contribution is -2.25. The van der Waals surface area contributed by atoms with Gasteiger partial charge in [0.15, 0.2) is 0 Å². The average molecular weight is 271 g/mol. The number of hydrogen-bond acceptors (Lipinski definition) is 1. The van der Waals surface area contributed by atoms with Crippen LogP contribution in [-0.2, 0) is 18.4 Å². The molecule has 1 nitrogen and oxygen atoms in total. The molecule has 0 aromatic heterocycles. The van der Waals surface area contributed by atoms with Crippen molar-refractivity contribution in [3.63, 3.8) is 0 Å². The minimum atomic E-state index is -1.16. The van der Waals surface area contributed by atoms with Crippen LogP contribution in [0.1, 0.15) is 22.3 Å². The van der Waals surface area contributed by atoms with Crippen LogP contribution in [0.25, 0.3) is 0 Å². The Bertz CT molecular complexity index is 647. The summed E-state index contributed by atoms with van der Waals surface area (Å²) in [6.07, 6.45) is 3.42. The first-order valence-electron chi connectivity index (χ1n) is 6.38. The van der Waals surface area contributed by atoms with E-state index in [0.717, 1.165) is 35.1 Å². The van der Waals surface area contributed by atoms with Gasteiger partial charge in [-0.25, -0.2) is 0 Å². The molecule has 0 spiro atoms. The van der Waals surface area contributed by atoms with Crippen molar-refractivity contribution < 1.29 is 5.11 Å². The summed E-state index contributed by atoms with van der Waals surface area (Å²) in [5.41, 5.74) is 2.89. The number of rotatable bonds is 1. The molecule has 0 fully saturated rings. The Morgan fingerprint density at radius 3 is 2.47 bits per heavy atom. The van der Waals surface area contributed by atoms with Crippen LogP contribution in [0.2, 0.25) is 5.02 Å². The summed E-state index contributed by atoms with van der Waals surface area (Å²) < 4.78 is 0. The van der Waals surface area contributed by atoms with E-state index >= 15 is 0 Å². The molecule has 1 atom stereocenters. The van der Waals surface area contributed by atoms with Crippen molar-refractivity contribution in [3.05, 3.63) is 82.4 Å². The molecule has 96 valence electrons. The van der Waals surface area contributed by atoms with Crippen molar-refractivity contribution in [1.82, 2.24) is 0 Å². The number of hydrogen-bond donors (Lipinski definition) is 1. The van der Waals surface area contributed by atoms with Crippen molar-refractivity contribution in [2.45, 2.75) is 18.4 Å². The monoisotopic (exact) mass is 270 g/mol. The Hall–Kier alpha value is -1.57. The van der Waals surface area contributed by atoms with Crippen LogP contribution in [0.5, 0.6) is 0 Å². The summed E-state index contributed by atoms with van der Waals surface area (Å²) >= 11 is 6.10. The third-order valence-electron chi connectivity index (χ3n) is 3.87. The van der Waals surface area contributed by atoms with E-state index in [1.165, 1.54) is 0 Å². The van der Waals surface area contributed by atoms with Crippen LogP contribution in [0, 0.1) is 0 Å². The van der Waals surface area contributed by atoms with Crippen LogP contribution in [0.4, 0.5) is 0 Å². The van der Waals surface area contributed by atoms with E-state index in [9.17, 15) is 5.11 Å². The molecule has 0 aliphatic heterocycles. The van der Waals surface area contributed by atoms with E-state index in [1.807, 2.05) is 36.4 Å². The second-order valence-corrected chi connectivity index (χ2v) is 5.37. The average Bonchev–Trinajstić information content (AvgIpc) is 2.56. The number of aryl methyl sites for hydroxylation is 2. The molecule has 2 aromatic carbocycles. The van der Waals surface area contributed by atoms with E-state index in [4.69, 9.17) is 11.6 Å². The first-order chi connectivity index (χ1) is 9.15. The highest BCUT2D eigenvalue weighted by Crippen LogP contribution is 2.39. The predicted octanol–water partition coefficient (Wildman–Crippen LogP) is 3.86. The van der Waals surface area contributed by atoms with Crippen molar-refractivity contribution >= 4 is 11.6 Å². The van der Waals surface area contributed by atoms with Crippen molar-refractivity contribution in [3.8, 4) is 0 Å². The first-order valence-corrected chi connectivity index (χ1v) is 6.76. The molecule has 19 heavy (non-hydrogen) atoms. The van der Waals surface area contributed by atoms with Crippen LogP contribution in [0.15, 0.2) is 55.1 Å².